The molecule has 0 N–H and O–H groups in total. The quantitative estimate of drug-likeness (QED) is 0.872. The van der Waals surface area contributed by atoms with Gasteiger partial charge in [0.1, 0.15) is 5.82 Å². The summed E-state index contributed by atoms with van der Waals surface area (Å²) in [5.41, 5.74) is 1.09. The summed E-state index contributed by atoms with van der Waals surface area (Å²) in [6.07, 6.45) is 0. The van der Waals surface area contributed by atoms with E-state index in [-0.39, 0.29) is 17.3 Å². The SMILES string of the molecule is CN(Cc1ccc(F)cc1)S(=O)(=O)c1ccc(C#N)cc1. The maximum atomic E-state index is 12.8. The van der Waals surface area contributed by atoms with Crippen LogP contribution < -0.4 is 0 Å². The number of benzene rings is 2. The van der Waals surface area contributed by atoms with Gasteiger partial charge < -0.3 is 0 Å². The van der Waals surface area contributed by atoms with Crippen molar-refractivity contribution in [2.24, 2.45) is 0 Å². The minimum absolute atomic E-state index is 0.117. The lowest BCUT2D eigenvalue weighted by Gasteiger charge is -2.17. The summed E-state index contributed by atoms with van der Waals surface area (Å²) in [6, 6.07) is 13.3. The van der Waals surface area contributed by atoms with Crippen LogP contribution >= 0.6 is 0 Å². The zero-order valence-electron chi connectivity index (χ0n) is 11.3. The zero-order valence-corrected chi connectivity index (χ0v) is 12.1. The van der Waals surface area contributed by atoms with Crippen molar-refractivity contribution in [3.8, 4) is 6.07 Å². The molecule has 2 rings (SSSR count). The number of nitriles is 1. The Labute approximate surface area is 123 Å². The summed E-state index contributed by atoms with van der Waals surface area (Å²) in [7, 11) is -2.19. The number of hydrogen-bond acceptors (Lipinski definition) is 3. The normalized spacial score (nSPS) is 11.3. The summed E-state index contributed by atoms with van der Waals surface area (Å²) in [5, 5.41) is 8.72. The van der Waals surface area contributed by atoms with E-state index in [1.807, 2.05) is 6.07 Å². The fourth-order valence-corrected chi connectivity index (χ4v) is 2.97. The van der Waals surface area contributed by atoms with Crippen molar-refractivity contribution in [2.45, 2.75) is 11.4 Å². The fraction of sp³-hybridized carbons (Fsp3) is 0.133. The van der Waals surface area contributed by atoms with Crippen LogP contribution in [0.2, 0.25) is 0 Å². The zero-order chi connectivity index (χ0) is 15.5. The minimum atomic E-state index is -3.64. The molecule has 0 amide bonds. The Balaban J connectivity index is 2.21. The van der Waals surface area contributed by atoms with Crippen molar-refractivity contribution in [3.05, 3.63) is 65.5 Å². The van der Waals surface area contributed by atoms with E-state index in [4.69, 9.17) is 5.26 Å². The van der Waals surface area contributed by atoms with Crippen molar-refractivity contribution < 1.29 is 12.8 Å². The van der Waals surface area contributed by atoms with Gasteiger partial charge in [0, 0.05) is 13.6 Å². The molecule has 0 fully saturated rings. The molecular weight excluding hydrogens is 291 g/mol. The van der Waals surface area contributed by atoms with Crippen LogP contribution in [0.15, 0.2) is 53.4 Å². The molecule has 0 saturated carbocycles. The Morgan fingerprint density at radius 1 is 1.10 bits per heavy atom. The van der Waals surface area contributed by atoms with Crippen molar-refractivity contribution in [3.63, 3.8) is 0 Å². The van der Waals surface area contributed by atoms with Gasteiger partial charge in [0.05, 0.1) is 16.5 Å². The number of hydrogen-bond donors (Lipinski definition) is 0. The van der Waals surface area contributed by atoms with Crippen LogP contribution in [0.1, 0.15) is 11.1 Å². The number of nitrogens with zero attached hydrogens (tertiary/aromatic N) is 2. The minimum Gasteiger partial charge on any atom is -0.207 e. The molecule has 2 aromatic carbocycles. The molecule has 0 bridgehead atoms. The lowest BCUT2D eigenvalue weighted by molar-refractivity contribution is 0.466. The van der Waals surface area contributed by atoms with E-state index in [2.05, 4.69) is 0 Å². The molecule has 6 heteroatoms. The van der Waals surface area contributed by atoms with Gasteiger partial charge >= 0.3 is 0 Å². The second-order valence-electron chi connectivity index (χ2n) is 4.52. The van der Waals surface area contributed by atoms with Gasteiger partial charge in [0.25, 0.3) is 0 Å². The third kappa shape index (κ3) is 3.45. The maximum Gasteiger partial charge on any atom is 0.243 e. The van der Waals surface area contributed by atoms with E-state index in [9.17, 15) is 12.8 Å². The van der Waals surface area contributed by atoms with E-state index in [1.165, 1.54) is 47.8 Å². The van der Waals surface area contributed by atoms with Gasteiger partial charge in [-0.25, -0.2) is 12.8 Å². The Morgan fingerprint density at radius 2 is 1.67 bits per heavy atom. The molecule has 0 aliphatic heterocycles. The van der Waals surface area contributed by atoms with Crippen molar-refractivity contribution in [1.82, 2.24) is 4.31 Å². The van der Waals surface area contributed by atoms with Crippen LogP contribution in [0, 0.1) is 17.1 Å². The molecule has 0 spiro atoms. The number of halogens is 1. The van der Waals surface area contributed by atoms with Gasteiger partial charge in [0.2, 0.25) is 10.0 Å². The van der Waals surface area contributed by atoms with Crippen LogP contribution in [0.3, 0.4) is 0 Å². The van der Waals surface area contributed by atoms with E-state index in [0.29, 0.717) is 11.1 Å². The first-order valence-electron chi connectivity index (χ1n) is 6.14. The molecule has 0 aliphatic carbocycles. The highest BCUT2D eigenvalue weighted by molar-refractivity contribution is 7.89. The second kappa shape index (κ2) is 6.04. The maximum absolute atomic E-state index is 12.8. The average Bonchev–Trinajstić information content (AvgIpc) is 2.49. The summed E-state index contributed by atoms with van der Waals surface area (Å²) in [4.78, 5) is 0.117. The van der Waals surface area contributed by atoms with E-state index < -0.39 is 10.0 Å². The summed E-state index contributed by atoms with van der Waals surface area (Å²) in [6.45, 7) is 0.141. The molecule has 4 nitrogen and oxygen atoms in total. The molecule has 0 radical (unpaired) electrons. The summed E-state index contributed by atoms with van der Waals surface area (Å²) >= 11 is 0. The van der Waals surface area contributed by atoms with Gasteiger partial charge in [0.15, 0.2) is 0 Å². The van der Waals surface area contributed by atoms with Crippen LogP contribution in [0.5, 0.6) is 0 Å². The lowest BCUT2D eigenvalue weighted by atomic mass is 10.2. The van der Waals surface area contributed by atoms with Crippen LogP contribution in [0.4, 0.5) is 4.39 Å². The second-order valence-corrected chi connectivity index (χ2v) is 6.57. The average molecular weight is 304 g/mol. The lowest BCUT2D eigenvalue weighted by Crippen LogP contribution is -2.26. The van der Waals surface area contributed by atoms with E-state index >= 15 is 0 Å². The molecule has 108 valence electrons. The molecule has 21 heavy (non-hydrogen) atoms. The largest absolute Gasteiger partial charge is 0.243 e. The van der Waals surface area contributed by atoms with E-state index in [1.54, 1.807) is 12.1 Å². The molecule has 2 aromatic rings. The van der Waals surface area contributed by atoms with Crippen molar-refractivity contribution in [1.29, 1.82) is 5.26 Å². The molecule has 0 saturated heterocycles. The van der Waals surface area contributed by atoms with Gasteiger partial charge in [-0.3, -0.25) is 0 Å². The topological polar surface area (TPSA) is 61.2 Å². The fourth-order valence-electron chi connectivity index (χ4n) is 1.81. The van der Waals surface area contributed by atoms with Crippen molar-refractivity contribution in [2.75, 3.05) is 7.05 Å². The van der Waals surface area contributed by atoms with E-state index in [0.717, 1.165) is 0 Å². The first-order chi connectivity index (χ1) is 9.93. The summed E-state index contributed by atoms with van der Waals surface area (Å²) in [5.74, 6) is -0.364. The predicted molar refractivity (Wildman–Crippen MR) is 76.2 cm³/mol. The standard InChI is InChI=1S/C15H13FN2O2S/c1-18(11-13-2-6-14(16)7-3-13)21(19,20)15-8-4-12(10-17)5-9-15/h2-9H,11H2,1H3. The number of rotatable bonds is 4. The Kier molecular flexibility index (Phi) is 4.36. The van der Waals surface area contributed by atoms with Crippen LogP contribution in [-0.4, -0.2) is 19.8 Å². The predicted octanol–water partition coefficient (Wildman–Crippen LogP) is 2.52. The highest BCUT2D eigenvalue weighted by atomic mass is 32.2. The molecule has 0 heterocycles. The molecule has 0 aromatic heterocycles. The highest BCUT2D eigenvalue weighted by Crippen LogP contribution is 2.17. The molecule has 0 aliphatic rings. The van der Waals surface area contributed by atoms with Gasteiger partial charge in [-0.2, -0.15) is 9.57 Å². The highest BCUT2D eigenvalue weighted by Gasteiger charge is 2.20. The monoisotopic (exact) mass is 304 g/mol. The first kappa shape index (κ1) is 15.2. The molecule has 0 unspecified atom stereocenters. The Hall–Kier alpha value is -2.23. The van der Waals surface area contributed by atoms with Crippen LogP contribution in [-0.2, 0) is 16.6 Å². The number of sulfonamides is 1. The van der Waals surface area contributed by atoms with Gasteiger partial charge in [-0.05, 0) is 42.0 Å². The smallest absolute Gasteiger partial charge is 0.207 e. The van der Waals surface area contributed by atoms with Gasteiger partial charge in [-0.15, -0.1) is 0 Å². The Morgan fingerprint density at radius 3 is 2.19 bits per heavy atom. The van der Waals surface area contributed by atoms with Crippen molar-refractivity contribution >= 4 is 10.0 Å². The molecule has 0 atom stereocenters. The van der Waals surface area contributed by atoms with Gasteiger partial charge in [-0.1, -0.05) is 12.1 Å². The van der Waals surface area contributed by atoms with Crippen LogP contribution in [0.25, 0.3) is 0 Å². The third-order valence-electron chi connectivity index (χ3n) is 3.01. The first-order valence-corrected chi connectivity index (χ1v) is 7.58. The third-order valence-corrected chi connectivity index (χ3v) is 4.83. The molecular formula is C15H13FN2O2S. The Bertz CT molecular complexity index is 763. The summed E-state index contributed by atoms with van der Waals surface area (Å²) < 4.78 is 38.8.